The van der Waals surface area contributed by atoms with Crippen LogP contribution in [0.15, 0.2) is 4.99 Å². The topological polar surface area (TPSA) is 235 Å². The van der Waals surface area contributed by atoms with Crippen LogP contribution in [0.4, 0.5) is 0 Å². The van der Waals surface area contributed by atoms with Crippen LogP contribution in [0, 0.1) is 0 Å². The molecule has 1 aliphatic rings. The Balaban J connectivity index is 2.66. The highest BCUT2D eigenvalue weighted by Gasteiger charge is 2.33. The van der Waals surface area contributed by atoms with Crippen molar-refractivity contribution >= 4 is 35.6 Å². The van der Waals surface area contributed by atoms with Gasteiger partial charge in [-0.2, -0.15) is 0 Å². The van der Waals surface area contributed by atoms with Gasteiger partial charge < -0.3 is 43.2 Å². The molecule has 0 aromatic carbocycles. The Morgan fingerprint density at radius 1 is 1.19 bits per heavy atom. The van der Waals surface area contributed by atoms with Gasteiger partial charge in [0.05, 0.1) is 13.1 Å². The zero-order valence-corrected chi connectivity index (χ0v) is 18.0. The highest BCUT2D eigenvalue weighted by atomic mass is 16.4. The van der Waals surface area contributed by atoms with Gasteiger partial charge in [0, 0.05) is 13.1 Å². The Morgan fingerprint density at radius 3 is 2.47 bits per heavy atom. The number of carboxylic acids is 1. The molecule has 1 aliphatic heterocycles. The third kappa shape index (κ3) is 8.75. The SMILES string of the molecule is C[C@H](NC(=O)[C@H](CCCN=C(N)N)NC(=O)CNC(=O)[C@@H]1CCCN1C(=O)CN)C(=O)O. The fourth-order valence-corrected chi connectivity index (χ4v) is 3.13. The van der Waals surface area contributed by atoms with Crippen LogP contribution in [0.5, 0.6) is 0 Å². The van der Waals surface area contributed by atoms with E-state index in [9.17, 15) is 24.0 Å². The summed E-state index contributed by atoms with van der Waals surface area (Å²) in [6.45, 7) is 1.27. The van der Waals surface area contributed by atoms with E-state index in [2.05, 4.69) is 20.9 Å². The summed E-state index contributed by atoms with van der Waals surface area (Å²) in [7, 11) is 0. The molecule has 1 heterocycles. The van der Waals surface area contributed by atoms with Crippen molar-refractivity contribution in [2.45, 2.75) is 50.7 Å². The molecule has 14 nitrogen and oxygen atoms in total. The number of hydrogen-bond acceptors (Lipinski definition) is 7. The molecule has 0 bridgehead atoms. The van der Waals surface area contributed by atoms with Gasteiger partial charge in [0.25, 0.3) is 0 Å². The van der Waals surface area contributed by atoms with Crippen molar-refractivity contribution in [2.75, 3.05) is 26.2 Å². The fourth-order valence-electron chi connectivity index (χ4n) is 3.13. The molecule has 0 spiro atoms. The van der Waals surface area contributed by atoms with Gasteiger partial charge in [-0.3, -0.25) is 29.0 Å². The molecule has 1 saturated heterocycles. The van der Waals surface area contributed by atoms with Gasteiger partial charge in [0.15, 0.2) is 5.96 Å². The molecule has 14 heteroatoms. The van der Waals surface area contributed by atoms with Gasteiger partial charge in [-0.15, -0.1) is 0 Å². The number of carboxylic acid groups (broad SMARTS) is 1. The standard InChI is InChI=1S/C18H32N8O6/c1-10(17(31)32)24-15(29)11(4-2-6-22-18(20)21)25-13(27)9-23-16(30)12-5-3-7-26(12)14(28)8-19/h10-12H,2-9,19H2,1H3,(H,23,30)(H,24,29)(H,25,27)(H,31,32)(H4,20,21,22)/t10-,11-,12-/m0/s1. The Labute approximate surface area is 185 Å². The number of aliphatic carboxylic acids is 1. The van der Waals surface area contributed by atoms with Crippen LogP contribution in [-0.2, 0) is 24.0 Å². The van der Waals surface area contributed by atoms with E-state index < -0.39 is 48.4 Å². The number of nitrogens with one attached hydrogen (secondary N) is 3. The first-order valence-corrected chi connectivity index (χ1v) is 10.2. The first-order valence-electron chi connectivity index (χ1n) is 10.2. The van der Waals surface area contributed by atoms with E-state index in [0.717, 1.165) is 0 Å². The number of aliphatic imine (C=N–C) groups is 1. The number of carbonyl (C=O) groups excluding carboxylic acids is 4. The Hall–Kier alpha value is -3.42. The Bertz CT molecular complexity index is 739. The van der Waals surface area contributed by atoms with Gasteiger partial charge in [0.2, 0.25) is 23.6 Å². The van der Waals surface area contributed by atoms with E-state index in [1.54, 1.807) is 0 Å². The van der Waals surface area contributed by atoms with Crippen LogP contribution in [0.3, 0.4) is 0 Å². The number of rotatable bonds is 12. The van der Waals surface area contributed by atoms with Crippen LogP contribution in [0.2, 0.25) is 0 Å². The van der Waals surface area contributed by atoms with Crippen LogP contribution < -0.4 is 33.2 Å². The summed E-state index contributed by atoms with van der Waals surface area (Å²) in [5, 5.41) is 16.2. The first-order chi connectivity index (χ1) is 15.1. The highest BCUT2D eigenvalue weighted by Crippen LogP contribution is 2.17. The van der Waals surface area contributed by atoms with E-state index in [4.69, 9.17) is 22.3 Å². The molecule has 4 amide bonds. The minimum atomic E-state index is -1.23. The summed E-state index contributed by atoms with van der Waals surface area (Å²) in [6.07, 6.45) is 1.58. The quantitative estimate of drug-likeness (QED) is 0.0864. The lowest BCUT2D eigenvalue weighted by Crippen LogP contribution is -2.53. The monoisotopic (exact) mass is 456 g/mol. The average Bonchev–Trinajstić information content (AvgIpc) is 3.23. The number of amides is 4. The maximum absolute atomic E-state index is 12.4. The van der Waals surface area contributed by atoms with Gasteiger partial charge in [0.1, 0.15) is 18.1 Å². The van der Waals surface area contributed by atoms with Crippen molar-refractivity contribution in [3.8, 4) is 0 Å². The minimum Gasteiger partial charge on any atom is -0.480 e. The third-order valence-electron chi connectivity index (χ3n) is 4.80. The molecule has 32 heavy (non-hydrogen) atoms. The summed E-state index contributed by atoms with van der Waals surface area (Å²) in [4.78, 5) is 65.1. The lowest BCUT2D eigenvalue weighted by atomic mass is 10.1. The molecule has 0 aliphatic carbocycles. The maximum Gasteiger partial charge on any atom is 0.325 e. The lowest BCUT2D eigenvalue weighted by Gasteiger charge is -2.23. The van der Waals surface area contributed by atoms with E-state index in [1.165, 1.54) is 11.8 Å². The number of hydrogen-bond donors (Lipinski definition) is 7. The summed E-state index contributed by atoms with van der Waals surface area (Å²) < 4.78 is 0. The van der Waals surface area contributed by atoms with Gasteiger partial charge in [-0.25, -0.2) is 0 Å². The Morgan fingerprint density at radius 2 is 1.88 bits per heavy atom. The van der Waals surface area contributed by atoms with Crippen molar-refractivity contribution in [3.05, 3.63) is 0 Å². The van der Waals surface area contributed by atoms with Crippen molar-refractivity contribution in [3.63, 3.8) is 0 Å². The number of nitrogens with zero attached hydrogens (tertiary/aromatic N) is 2. The molecule has 0 radical (unpaired) electrons. The molecular formula is C18H32N8O6. The molecule has 3 atom stereocenters. The smallest absolute Gasteiger partial charge is 0.325 e. The van der Waals surface area contributed by atoms with Crippen molar-refractivity contribution in [1.82, 2.24) is 20.9 Å². The average molecular weight is 457 g/mol. The Kier molecular flexibility index (Phi) is 10.9. The molecule has 10 N–H and O–H groups in total. The summed E-state index contributed by atoms with van der Waals surface area (Å²) in [6, 6.07) is -2.92. The second kappa shape index (κ2) is 13.1. The lowest BCUT2D eigenvalue weighted by molar-refractivity contribution is -0.141. The second-order valence-electron chi connectivity index (χ2n) is 7.30. The third-order valence-corrected chi connectivity index (χ3v) is 4.80. The van der Waals surface area contributed by atoms with Crippen molar-refractivity contribution in [1.29, 1.82) is 0 Å². The zero-order valence-electron chi connectivity index (χ0n) is 18.0. The summed E-state index contributed by atoms with van der Waals surface area (Å²) >= 11 is 0. The highest BCUT2D eigenvalue weighted by molar-refractivity contribution is 5.93. The van der Waals surface area contributed by atoms with Crippen LogP contribution in [0.25, 0.3) is 0 Å². The number of carbonyl (C=O) groups is 5. The van der Waals surface area contributed by atoms with E-state index in [1.807, 2.05) is 0 Å². The molecule has 0 aromatic heterocycles. The molecule has 0 unspecified atom stereocenters. The number of nitrogens with two attached hydrogens (primary N) is 3. The predicted octanol–water partition coefficient (Wildman–Crippen LogP) is -3.82. The van der Waals surface area contributed by atoms with Crippen molar-refractivity contribution < 1.29 is 29.1 Å². The van der Waals surface area contributed by atoms with Gasteiger partial charge in [-0.05, 0) is 32.6 Å². The fraction of sp³-hybridized carbons (Fsp3) is 0.667. The molecule has 0 aromatic rings. The number of guanidine groups is 1. The largest absolute Gasteiger partial charge is 0.480 e. The molecule has 180 valence electrons. The molecule has 1 rings (SSSR count). The first kappa shape index (κ1) is 26.6. The summed E-state index contributed by atoms with van der Waals surface area (Å²) in [5.74, 6) is -3.54. The van der Waals surface area contributed by atoms with Gasteiger partial charge >= 0.3 is 5.97 Å². The second-order valence-corrected chi connectivity index (χ2v) is 7.30. The van der Waals surface area contributed by atoms with E-state index in [-0.39, 0.29) is 31.4 Å². The number of likely N-dealkylation sites (tertiary alicyclic amines) is 1. The normalized spacial score (nSPS) is 17.1. The van der Waals surface area contributed by atoms with E-state index in [0.29, 0.717) is 25.8 Å². The molecular weight excluding hydrogens is 424 g/mol. The summed E-state index contributed by atoms with van der Waals surface area (Å²) in [5.41, 5.74) is 15.9. The van der Waals surface area contributed by atoms with Crippen LogP contribution >= 0.6 is 0 Å². The van der Waals surface area contributed by atoms with Crippen LogP contribution in [0.1, 0.15) is 32.6 Å². The van der Waals surface area contributed by atoms with Gasteiger partial charge in [-0.1, -0.05) is 0 Å². The van der Waals surface area contributed by atoms with Crippen LogP contribution in [-0.4, -0.2) is 89.9 Å². The van der Waals surface area contributed by atoms with E-state index >= 15 is 0 Å². The predicted molar refractivity (Wildman–Crippen MR) is 114 cm³/mol. The molecule has 1 fully saturated rings. The van der Waals surface area contributed by atoms with Crippen molar-refractivity contribution in [2.24, 2.45) is 22.2 Å². The maximum atomic E-state index is 12.4. The minimum absolute atomic E-state index is 0.119. The zero-order chi connectivity index (χ0) is 24.3. The molecule has 0 saturated carbocycles.